The van der Waals surface area contributed by atoms with Gasteiger partial charge in [-0.2, -0.15) is 5.43 Å². The number of likely N-dealkylation sites (N-methyl/N-ethyl adjacent to an activating group) is 1. The lowest BCUT2D eigenvalue weighted by molar-refractivity contribution is -0.132. The van der Waals surface area contributed by atoms with Crippen LogP contribution in [0, 0.1) is 11.0 Å². The first-order valence-electron chi connectivity index (χ1n) is 7.84. The van der Waals surface area contributed by atoms with Gasteiger partial charge in [0.05, 0.1) is 11.3 Å². The number of halogens is 1. The Morgan fingerprint density at radius 2 is 1.96 bits per heavy atom. The summed E-state index contributed by atoms with van der Waals surface area (Å²) in [4.78, 5) is 27.5. The van der Waals surface area contributed by atoms with Crippen molar-refractivity contribution in [2.75, 3.05) is 45.2 Å². The van der Waals surface area contributed by atoms with Gasteiger partial charge >= 0.3 is 5.97 Å². The van der Waals surface area contributed by atoms with Crippen LogP contribution in [0.2, 0.25) is 0 Å². The molecule has 2 aliphatic heterocycles. The van der Waals surface area contributed by atoms with Crippen LogP contribution in [0.15, 0.2) is 23.9 Å². The van der Waals surface area contributed by atoms with Crippen LogP contribution in [0.25, 0.3) is 0 Å². The Labute approximate surface area is 143 Å². The lowest BCUT2D eigenvalue weighted by Crippen LogP contribution is -2.52. The van der Waals surface area contributed by atoms with Gasteiger partial charge in [-0.25, -0.2) is 13.9 Å². The summed E-state index contributed by atoms with van der Waals surface area (Å²) in [6.07, 6.45) is 0.790. The molecule has 2 heterocycles. The zero-order chi connectivity index (χ0) is 18.4. The number of piperazine rings is 1. The topological polar surface area (TPSA) is 95.9 Å². The molecule has 0 bridgehead atoms. The predicted molar refractivity (Wildman–Crippen MR) is 90.4 cm³/mol. The van der Waals surface area contributed by atoms with E-state index in [0.29, 0.717) is 13.1 Å². The van der Waals surface area contributed by atoms with E-state index in [4.69, 9.17) is 5.11 Å². The van der Waals surface area contributed by atoms with Crippen LogP contribution in [0.1, 0.15) is 10.4 Å². The van der Waals surface area contributed by atoms with Crippen LogP contribution in [0.5, 0.6) is 0 Å². The van der Waals surface area contributed by atoms with Crippen molar-refractivity contribution in [1.82, 2.24) is 15.1 Å². The molecular weight excluding hydrogens is 331 g/mol. The Morgan fingerprint density at radius 1 is 1.32 bits per heavy atom. The first-order chi connectivity index (χ1) is 11.8. The van der Waals surface area contributed by atoms with Gasteiger partial charge in [-0.15, -0.1) is 0 Å². The first kappa shape index (κ1) is 17.5. The molecule has 0 aliphatic carbocycles. The highest BCUT2D eigenvalue weighted by Crippen LogP contribution is 2.37. The number of Topliss-reactive ketones (excluding diaryl/α,β-unsaturated/α-hetero) is 1. The summed E-state index contributed by atoms with van der Waals surface area (Å²) in [5.41, 5.74) is 1.74. The normalized spacial score (nSPS) is 24.1. The summed E-state index contributed by atoms with van der Waals surface area (Å²) in [6, 6.07) is 2.30. The smallest absolute Gasteiger partial charge is 0.345 e. The van der Waals surface area contributed by atoms with Crippen molar-refractivity contribution in [3.05, 3.63) is 40.5 Å². The van der Waals surface area contributed by atoms with Crippen molar-refractivity contribution in [3.8, 4) is 0 Å². The number of rotatable bonds is 3. The molecule has 1 unspecified atom stereocenters. The average Bonchev–Trinajstić information content (AvgIpc) is 2.58. The molecule has 0 spiro atoms. The number of hydrogen-bond acceptors (Lipinski definition) is 6. The Bertz CT molecular complexity index is 774. The van der Waals surface area contributed by atoms with E-state index >= 15 is 0 Å². The minimum Gasteiger partial charge on any atom is -0.602 e. The zero-order valence-electron chi connectivity index (χ0n) is 14.0. The number of nitrogens with one attached hydrogen (secondary N) is 1. The maximum atomic E-state index is 14.6. The number of ketones is 1. The molecule has 9 heteroatoms. The number of anilines is 1. The minimum atomic E-state index is -1.52. The molecule has 2 aliphatic rings. The van der Waals surface area contributed by atoms with Crippen molar-refractivity contribution in [2.24, 2.45) is 0 Å². The molecule has 1 fully saturated rings. The van der Waals surface area contributed by atoms with Crippen LogP contribution in [-0.2, 0) is 4.79 Å². The summed E-state index contributed by atoms with van der Waals surface area (Å²) < 4.78 is 13.3. The Hall–Kier alpha value is -2.33. The fourth-order valence-corrected chi connectivity index (χ4v) is 3.09. The van der Waals surface area contributed by atoms with Gasteiger partial charge in [-0.1, -0.05) is 0 Å². The summed E-state index contributed by atoms with van der Waals surface area (Å²) in [6.45, 7) is 2.69. The molecule has 1 aromatic carbocycles. The van der Waals surface area contributed by atoms with E-state index in [1.54, 1.807) is 0 Å². The van der Waals surface area contributed by atoms with E-state index in [1.165, 1.54) is 13.1 Å². The number of carbonyl (C=O) groups is 2. The summed E-state index contributed by atoms with van der Waals surface area (Å²) in [5.74, 6) is -3.04. The van der Waals surface area contributed by atoms with Crippen LogP contribution in [0.3, 0.4) is 0 Å². The number of benzene rings is 1. The molecule has 25 heavy (non-hydrogen) atoms. The second kappa shape index (κ2) is 6.19. The Morgan fingerprint density at radius 3 is 2.52 bits per heavy atom. The van der Waals surface area contributed by atoms with Gasteiger partial charge < -0.3 is 20.1 Å². The molecule has 0 aromatic heterocycles. The third-order valence-electron chi connectivity index (χ3n) is 4.63. The molecule has 134 valence electrons. The lowest BCUT2D eigenvalue weighted by Gasteiger charge is -2.41. The monoisotopic (exact) mass is 350 g/mol. The summed E-state index contributed by atoms with van der Waals surface area (Å²) in [7, 11) is 3.32. The second-order valence-electron chi connectivity index (χ2n) is 6.17. The second-order valence-corrected chi connectivity index (χ2v) is 6.17. The number of hydrogen-bond donors (Lipinski definition) is 2. The molecular formula is C16H19FN4O4. The molecule has 0 saturated carbocycles. The standard InChI is InChI=1S/C16H19FN4O4/c1-18-21(25)9-11(16(23)24)15(22)10-7-12(17)13(8-14(10)21)20-5-3-19(2)4-6-20/h7-9,18H,3-6H2,1-2H3,(H,23,24). The average molecular weight is 350 g/mol. The molecule has 0 radical (unpaired) electrons. The fraction of sp³-hybridized carbons (Fsp3) is 0.375. The van der Waals surface area contributed by atoms with Gasteiger partial charge in [-0.05, 0) is 13.1 Å². The van der Waals surface area contributed by atoms with E-state index in [2.05, 4.69) is 10.3 Å². The number of nitrogens with zero attached hydrogens (tertiary/aromatic N) is 3. The molecule has 8 nitrogen and oxygen atoms in total. The van der Waals surface area contributed by atoms with E-state index in [-0.39, 0.29) is 16.9 Å². The van der Waals surface area contributed by atoms with Crippen molar-refractivity contribution >= 4 is 23.1 Å². The van der Waals surface area contributed by atoms with Gasteiger partial charge in [0.1, 0.15) is 12.0 Å². The van der Waals surface area contributed by atoms with Gasteiger partial charge in [-0.3, -0.25) is 4.79 Å². The Balaban J connectivity index is 2.10. The van der Waals surface area contributed by atoms with E-state index in [1.807, 2.05) is 11.9 Å². The predicted octanol–water partition coefficient (Wildman–Crippen LogP) is 0.682. The molecule has 2 N–H and O–H groups in total. The van der Waals surface area contributed by atoms with E-state index in [0.717, 1.165) is 25.4 Å². The van der Waals surface area contributed by atoms with E-state index < -0.39 is 27.9 Å². The van der Waals surface area contributed by atoms with Gasteiger partial charge in [0.15, 0.2) is 11.3 Å². The maximum absolute atomic E-state index is 14.6. The maximum Gasteiger partial charge on any atom is 0.345 e. The van der Waals surface area contributed by atoms with Gasteiger partial charge in [0.2, 0.25) is 5.78 Å². The highest BCUT2D eigenvalue weighted by Gasteiger charge is 2.38. The third-order valence-corrected chi connectivity index (χ3v) is 4.63. The molecule has 3 rings (SSSR count). The number of carbonyl (C=O) groups excluding carboxylic acids is 1. The largest absolute Gasteiger partial charge is 0.602 e. The van der Waals surface area contributed by atoms with Crippen molar-refractivity contribution in [1.29, 1.82) is 0 Å². The lowest BCUT2D eigenvalue weighted by atomic mass is 9.97. The van der Waals surface area contributed by atoms with Crippen molar-refractivity contribution < 1.29 is 19.1 Å². The third kappa shape index (κ3) is 2.91. The molecule has 1 atom stereocenters. The number of aliphatic carboxylic acids is 1. The van der Waals surface area contributed by atoms with Gasteiger partial charge in [0, 0.05) is 39.3 Å². The fourth-order valence-electron chi connectivity index (χ4n) is 3.09. The van der Waals surface area contributed by atoms with Gasteiger partial charge in [0.25, 0.3) is 0 Å². The highest BCUT2D eigenvalue weighted by atomic mass is 19.1. The van der Waals surface area contributed by atoms with Crippen LogP contribution in [0.4, 0.5) is 15.8 Å². The number of fused-ring (bicyclic) bond motifs is 1. The summed E-state index contributed by atoms with van der Waals surface area (Å²) >= 11 is 0. The number of carboxylic acids is 1. The number of hydroxylamine groups is 1. The van der Waals surface area contributed by atoms with E-state index in [9.17, 15) is 19.2 Å². The molecule has 0 amide bonds. The van der Waals surface area contributed by atoms with Crippen molar-refractivity contribution in [3.63, 3.8) is 0 Å². The van der Waals surface area contributed by atoms with Crippen LogP contribution < -0.4 is 15.1 Å². The quantitative estimate of drug-likeness (QED) is 0.470. The zero-order valence-corrected chi connectivity index (χ0v) is 14.0. The molecule has 1 saturated heterocycles. The summed E-state index contributed by atoms with van der Waals surface area (Å²) in [5, 5.41) is 22.1. The Kier molecular flexibility index (Phi) is 4.33. The molecule has 1 aromatic rings. The minimum absolute atomic E-state index is 0.0205. The van der Waals surface area contributed by atoms with Crippen LogP contribution >= 0.6 is 0 Å². The van der Waals surface area contributed by atoms with Crippen molar-refractivity contribution in [2.45, 2.75) is 0 Å². The number of quaternary nitrogens is 1. The first-order valence-corrected chi connectivity index (χ1v) is 7.84. The highest BCUT2D eigenvalue weighted by molar-refractivity contribution is 6.26. The number of carboxylic acid groups (broad SMARTS) is 1. The SMILES string of the molecule is CN[N+]1([O-])C=C(C(=O)O)C(=O)c2cc(F)c(N3CCN(C)CC3)cc21. The van der Waals surface area contributed by atoms with Crippen LogP contribution in [-0.4, -0.2) is 62.0 Å².